The number of rotatable bonds is 4. The maximum Gasteiger partial charge on any atom is 0.0310 e. The van der Waals surface area contributed by atoms with Gasteiger partial charge >= 0.3 is 0 Å². The van der Waals surface area contributed by atoms with Crippen molar-refractivity contribution in [2.45, 2.75) is 0 Å². The Hall–Kier alpha value is -1.95. The van der Waals surface area contributed by atoms with Crippen LogP contribution in [0.3, 0.4) is 0 Å². The number of hydrogen-bond donors (Lipinski definition) is 0. The van der Waals surface area contributed by atoms with Gasteiger partial charge in [0.25, 0.3) is 0 Å². The van der Waals surface area contributed by atoms with E-state index in [1.807, 2.05) is 30.3 Å². The smallest absolute Gasteiger partial charge is 0.0310 e. The third-order valence-corrected chi connectivity index (χ3v) is 7.89. The molecule has 0 saturated heterocycles. The van der Waals surface area contributed by atoms with E-state index in [1.165, 1.54) is 16.2 Å². The van der Waals surface area contributed by atoms with Crippen LogP contribution >= 0.6 is 6.04 Å². The van der Waals surface area contributed by atoms with Gasteiger partial charge < -0.3 is 0 Å². The van der Waals surface area contributed by atoms with Crippen LogP contribution in [0.15, 0.2) is 96.8 Å². The van der Waals surface area contributed by atoms with Crippen molar-refractivity contribution in [2.24, 2.45) is 0 Å². The van der Waals surface area contributed by atoms with Crippen LogP contribution in [0.1, 0.15) is 5.56 Å². The molecule has 0 saturated carbocycles. The molecule has 0 radical (unpaired) electrons. The maximum absolute atomic E-state index is 6.16. The fourth-order valence-electron chi connectivity index (χ4n) is 2.38. The van der Waals surface area contributed by atoms with Gasteiger partial charge in [-0.3, -0.25) is 0 Å². The van der Waals surface area contributed by atoms with Crippen LogP contribution < -0.4 is 10.6 Å². The quantitative estimate of drug-likeness (QED) is 0.623. The van der Waals surface area contributed by atoms with E-state index in [9.17, 15) is 0 Å². The topological polar surface area (TPSA) is 0 Å². The Morgan fingerprint density at radius 1 is 0.591 bits per heavy atom. The van der Waals surface area contributed by atoms with E-state index in [-0.39, 0.29) is 0 Å². The van der Waals surface area contributed by atoms with Crippen LogP contribution in [-0.2, 0) is 11.8 Å². The fourth-order valence-corrected chi connectivity index (χ4v) is 5.54. The molecule has 3 aromatic rings. The molecule has 0 atom stereocenters. The zero-order valence-corrected chi connectivity index (χ0v) is 13.9. The van der Waals surface area contributed by atoms with Gasteiger partial charge in [0.1, 0.15) is 0 Å². The average Bonchev–Trinajstić information content (AvgIpc) is 2.62. The van der Waals surface area contributed by atoms with Gasteiger partial charge in [0.05, 0.1) is 0 Å². The molecule has 0 nitrogen and oxygen atoms in total. The highest BCUT2D eigenvalue weighted by molar-refractivity contribution is 8.23. The highest BCUT2D eigenvalue weighted by atomic mass is 32.4. The van der Waals surface area contributed by atoms with Crippen molar-refractivity contribution in [3.63, 3.8) is 0 Å². The SMILES string of the molecule is S=P(/C=C\c1ccccc1)(c1ccccc1)c1ccccc1. The Labute approximate surface area is 137 Å². The number of benzene rings is 3. The lowest BCUT2D eigenvalue weighted by atomic mass is 10.2. The van der Waals surface area contributed by atoms with Crippen molar-refractivity contribution in [3.8, 4) is 0 Å². The molecule has 2 heteroatoms. The molecule has 3 aromatic carbocycles. The van der Waals surface area contributed by atoms with Gasteiger partial charge in [-0.25, -0.2) is 0 Å². The van der Waals surface area contributed by atoms with Crippen LogP contribution in [0.4, 0.5) is 0 Å². The van der Waals surface area contributed by atoms with Crippen LogP contribution in [0.25, 0.3) is 6.08 Å². The van der Waals surface area contributed by atoms with Crippen molar-refractivity contribution in [3.05, 3.63) is 102 Å². The Bertz CT molecular complexity index is 749. The van der Waals surface area contributed by atoms with E-state index in [2.05, 4.69) is 72.6 Å². The molecule has 0 N–H and O–H groups in total. The van der Waals surface area contributed by atoms with Crippen LogP contribution in [-0.4, -0.2) is 0 Å². The summed E-state index contributed by atoms with van der Waals surface area (Å²) in [6.07, 6.45) is 2.15. The molecule has 0 heterocycles. The Balaban J connectivity index is 2.09. The molecule has 22 heavy (non-hydrogen) atoms. The molecule has 3 rings (SSSR count). The summed E-state index contributed by atoms with van der Waals surface area (Å²) >= 11 is 6.16. The minimum Gasteiger partial charge on any atom is -0.0832 e. The lowest BCUT2D eigenvalue weighted by molar-refractivity contribution is 1.66. The molecule has 0 amide bonds. The van der Waals surface area contributed by atoms with E-state index < -0.39 is 6.04 Å². The first kappa shape index (κ1) is 15.0. The third-order valence-electron chi connectivity index (χ3n) is 3.56. The van der Waals surface area contributed by atoms with E-state index in [1.54, 1.807) is 0 Å². The molecular weight excluding hydrogens is 303 g/mol. The molecule has 0 unspecified atom stereocenters. The standard InChI is InChI=1S/C20H17PS/c22-21(19-12-6-2-7-13-19,20-14-8-3-9-15-20)17-16-18-10-4-1-5-11-18/h1-17H/b17-16-. The van der Waals surface area contributed by atoms with Crippen molar-refractivity contribution in [1.82, 2.24) is 0 Å². The molecule has 0 aliphatic carbocycles. The molecule has 0 aromatic heterocycles. The average molecular weight is 320 g/mol. The molecular formula is C20H17PS. The van der Waals surface area contributed by atoms with Crippen molar-refractivity contribution in [1.29, 1.82) is 0 Å². The van der Waals surface area contributed by atoms with Crippen LogP contribution in [0.5, 0.6) is 0 Å². The first-order valence-electron chi connectivity index (χ1n) is 7.24. The number of hydrogen-bond acceptors (Lipinski definition) is 1. The highest BCUT2D eigenvalue weighted by Crippen LogP contribution is 2.45. The normalized spacial score (nSPS) is 11.6. The summed E-state index contributed by atoms with van der Waals surface area (Å²) in [4.78, 5) is 0. The second-order valence-corrected chi connectivity index (χ2v) is 9.43. The Kier molecular flexibility index (Phi) is 4.68. The molecule has 0 fully saturated rings. The molecule has 0 bridgehead atoms. The largest absolute Gasteiger partial charge is 0.0832 e. The van der Waals surface area contributed by atoms with Crippen molar-refractivity contribution < 1.29 is 0 Å². The third kappa shape index (κ3) is 3.27. The van der Waals surface area contributed by atoms with Gasteiger partial charge in [-0.2, -0.15) is 0 Å². The zero-order valence-electron chi connectivity index (χ0n) is 12.2. The maximum atomic E-state index is 6.16. The molecule has 0 aliphatic heterocycles. The van der Waals surface area contributed by atoms with E-state index >= 15 is 0 Å². The summed E-state index contributed by atoms with van der Waals surface area (Å²) in [5.74, 6) is 2.22. The molecule has 0 aliphatic rings. The van der Waals surface area contributed by atoms with Crippen LogP contribution in [0.2, 0.25) is 0 Å². The summed E-state index contributed by atoms with van der Waals surface area (Å²) < 4.78 is 0. The monoisotopic (exact) mass is 320 g/mol. The zero-order chi connectivity index (χ0) is 15.3. The van der Waals surface area contributed by atoms with Gasteiger partial charge in [-0.1, -0.05) is 109 Å². The van der Waals surface area contributed by atoms with Crippen molar-refractivity contribution in [2.75, 3.05) is 0 Å². The summed E-state index contributed by atoms with van der Waals surface area (Å²) in [6.45, 7) is 0. The van der Waals surface area contributed by atoms with Crippen LogP contribution in [0, 0.1) is 0 Å². The van der Waals surface area contributed by atoms with E-state index in [0.29, 0.717) is 0 Å². The van der Waals surface area contributed by atoms with Gasteiger partial charge in [0.2, 0.25) is 0 Å². The minimum atomic E-state index is -1.94. The predicted octanol–water partition coefficient (Wildman–Crippen LogP) is 4.79. The van der Waals surface area contributed by atoms with Gasteiger partial charge in [0.15, 0.2) is 0 Å². The lowest BCUT2D eigenvalue weighted by Crippen LogP contribution is -2.13. The minimum absolute atomic E-state index is 1.18. The Morgan fingerprint density at radius 3 is 1.45 bits per heavy atom. The fraction of sp³-hybridized carbons (Fsp3) is 0. The molecule has 0 spiro atoms. The van der Waals surface area contributed by atoms with Gasteiger partial charge in [-0.15, -0.1) is 0 Å². The second kappa shape index (κ2) is 6.87. The van der Waals surface area contributed by atoms with E-state index in [4.69, 9.17) is 11.8 Å². The highest BCUT2D eigenvalue weighted by Gasteiger charge is 2.18. The Morgan fingerprint density at radius 2 is 1.00 bits per heavy atom. The first-order valence-corrected chi connectivity index (χ1v) is 10.1. The summed E-state index contributed by atoms with van der Waals surface area (Å²) in [7, 11) is 0. The molecule has 108 valence electrons. The van der Waals surface area contributed by atoms with Crippen molar-refractivity contribution >= 4 is 34.5 Å². The van der Waals surface area contributed by atoms with E-state index in [0.717, 1.165) is 0 Å². The summed E-state index contributed by atoms with van der Waals surface area (Å²) in [6, 6.07) is 29.3. The summed E-state index contributed by atoms with van der Waals surface area (Å²) in [5.41, 5.74) is 1.18. The lowest BCUT2D eigenvalue weighted by Gasteiger charge is -2.19. The second-order valence-electron chi connectivity index (χ2n) is 5.06. The van der Waals surface area contributed by atoms with Gasteiger partial charge in [0, 0.05) is 6.04 Å². The first-order chi connectivity index (χ1) is 10.8. The summed E-state index contributed by atoms with van der Waals surface area (Å²) in [5, 5.41) is 2.45. The van der Waals surface area contributed by atoms with Gasteiger partial charge in [-0.05, 0) is 22.0 Å². The predicted molar refractivity (Wildman–Crippen MR) is 102 cm³/mol.